The second kappa shape index (κ2) is 9.86. The minimum atomic E-state index is -3.35. The van der Waals surface area contributed by atoms with E-state index in [1.807, 2.05) is 0 Å². The molecule has 0 radical (unpaired) electrons. The van der Waals surface area contributed by atoms with Crippen molar-refractivity contribution < 1.29 is 22.7 Å². The van der Waals surface area contributed by atoms with Crippen LogP contribution in [0.5, 0.6) is 0 Å². The third-order valence-corrected chi connectivity index (χ3v) is 6.76. The summed E-state index contributed by atoms with van der Waals surface area (Å²) in [5.74, 6) is -0.870. The van der Waals surface area contributed by atoms with Crippen molar-refractivity contribution in [2.45, 2.75) is 31.9 Å². The number of ether oxygens (including phenoxy) is 1. The Bertz CT molecular complexity index is 996. The zero-order valence-electron chi connectivity index (χ0n) is 17.0. The van der Waals surface area contributed by atoms with E-state index in [4.69, 9.17) is 4.74 Å². The molecule has 0 atom stereocenters. The van der Waals surface area contributed by atoms with Crippen molar-refractivity contribution in [2.75, 3.05) is 25.0 Å². The number of carbonyl (C=O) groups excluding carboxylic acids is 2. The maximum absolute atomic E-state index is 12.6. The molecule has 30 heavy (non-hydrogen) atoms. The average Bonchev–Trinajstić information content (AvgIpc) is 2.75. The van der Waals surface area contributed by atoms with Crippen molar-refractivity contribution in [3.63, 3.8) is 0 Å². The van der Waals surface area contributed by atoms with Crippen LogP contribution in [0, 0.1) is 0 Å². The Labute approximate surface area is 177 Å². The zero-order chi connectivity index (χ0) is 21.6. The van der Waals surface area contributed by atoms with E-state index in [0.29, 0.717) is 35.5 Å². The second-order valence-corrected chi connectivity index (χ2v) is 9.14. The molecule has 1 aliphatic heterocycles. The lowest BCUT2D eigenvalue weighted by Crippen LogP contribution is -2.36. The van der Waals surface area contributed by atoms with E-state index in [9.17, 15) is 18.0 Å². The van der Waals surface area contributed by atoms with E-state index < -0.39 is 16.0 Å². The molecular weight excluding hydrogens is 404 g/mol. The van der Waals surface area contributed by atoms with Gasteiger partial charge in [-0.15, -0.1) is 0 Å². The van der Waals surface area contributed by atoms with Gasteiger partial charge in [-0.1, -0.05) is 24.6 Å². The fraction of sp³-hybridized carbons (Fsp3) is 0.364. The number of nitrogens with one attached hydrogen (secondary N) is 1. The Hall–Kier alpha value is -2.71. The van der Waals surface area contributed by atoms with Crippen molar-refractivity contribution in [1.29, 1.82) is 0 Å². The molecule has 0 unspecified atom stereocenters. The maximum Gasteiger partial charge on any atom is 0.338 e. The molecule has 8 heteroatoms. The van der Waals surface area contributed by atoms with E-state index >= 15 is 0 Å². The van der Waals surface area contributed by atoms with Crippen LogP contribution in [0.4, 0.5) is 5.69 Å². The second-order valence-electron chi connectivity index (χ2n) is 7.17. The lowest BCUT2D eigenvalue weighted by atomic mass is 10.1. The largest absolute Gasteiger partial charge is 0.462 e. The van der Waals surface area contributed by atoms with E-state index in [2.05, 4.69) is 5.32 Å². The van der Waals surface area contributed by atoms with Crippen LogP contribution >= 0.6 is 0 Å². The van der Waals surface area contributed by atoms with E-state index in [0.717, 1.165) is 19.3 Å². The molecule has 1 saturated heterocycles. The minimum absolute atomic E-state index is 0.0729. The molecule has 1 fully saturated rings. The van der Waals surface area contributed by atoms with E-state index in [1.165, 1.54) is 0 Å². The number of sulfonamides is 1. The van der Waals surface area contributed by atoms with Gasteiger partial charge < -0.3 is 10.1 Å². The topological polar surface area (TPSA) is 92.8 Å². The van der Waals surface area contributed by atoms with Gasteiger partial charge in [0.15, 0.2) is 0 Å². The first-order valence-corrected chi connectivity index (χ1v) is 11.7. The van der Waals surface area contributed by atoms with Crippen LogP contribution < -0.4 is 5.32 Å². The lowest BCUT2D eigenvalue weighted by Gasteiger charge is -2.25. The molecule has 3 rings (SSSR count). The van der Waals surface area contributed by atoms with Crippen molar-refractivity contribution >= 4 is 27.6 Å². The lowest BCUT2D eigenvalue weighted by molar-refractivity contribution is 0.0526. The summed E-state index contributed by atoms with van der Waals surface area (Å²) in [6, 6.07) is 13.0. The van der Waals surface area contributed by atoms with E-state index in [-0.39, 0.29) is 18.3 Å². The fourth-order valence-corrected chi connectivity index (χ4v) is 4.95. The van der Waals surface area contributed by atoms with Gasteiger partial charge in [0.1, 0.15) is 0 Å². The Morgan fingerprint density at radius 3 is 2.37 bits per heavy atom. The Morgan fingerprint density at radius 2 is 1.70 bits per heavy atom. The third kappa shape index (κ3) is 5.67. The zero-order valence-corrected chi connectivity index (χ0v) is 17.8. The maximum atomic E-state index is 12.6. The van der Waals surface area contributed by atoms with Gasteiger partial charge in [0.05, 0.1) is 17.9 Å². The molecule has 1 amide bonds. The molecule has 2 aromatic rings. The molecule has 0 aromatic heterocycles. The van der Waals surface area contributed by atoms with Crippen molar-refractivity contribution in [3.8, 4) is 0 Å². The minimum Gasteiger partial charge on any atom is -0.462 e. The molecule has 1 N–H and O–H groups in total. The first-order chi connectivity index (χ1) is 14.4. The summed E-state index contributed by atoms with van der Waals surface area (Å²) in [7, 11) is -3.35. The summed E-state index contributed by atoms with van der Waals surface area (Å²) in [5.41, 5.74) is 1.87. The number of esters is 1. The molecule has 0 bridgehead atoms. The molecule has 0 saturated carbocycles. The number of anilines is 1. The molecule has 2 aromatic carbocycles. The van der Waals surface area contributed by atoms with Crippen molar-refractivity contribution in [2.24, 2.45) is 0 Å². The molecule has 160 valence electrons. The number of benzene rings is 2. The van der Waals surface area contributed by atoms with Crippen LogP contribution in [0.15, 0.2) is 48.5 Å². The highest BCUT2D eigenvalue weighted by atomic mass is 32.2. The first-order valence-electron chi connectivity index (χ1n) is 10.0. The van der Waals surface area contributed by atoms with Crippen LogP contribution in [0.1, 0.15) is 52.5 Å². The summed E-state index contributed by atoms with van der Waals surface area (Å²) < 4.78 is 31.6. The molecular formula is C22H26N2O5S. The van der Waals surface area contributed by atoms with Gasteiger partial charge in [-0.3, -0.25) is 4.79 Å². The highest BCUT2D eigenvalue weighted by molar-refractivity contribution is 7.88. The van der Waals surface area contributed by atoms with Crippen LogP contribution in [0.2, 0.25) is 0 Å². The van der Waals surface area contributed by atoms with Crippen molar-refractivity contribution in [1.82, 2.24) is 4.31 Å². The Kier molecular flexibility index (Phi) is 7.23. The third-order valence-electron chi connectivity index (χ3n) is 4.91. The average molecular weight is 431 g/mol. The summed E-state index contributed by atoms with van der Waals surface area (Å²) >= 11 is 0. The van der Waals surface area contributed by atoms with Gasteiger partial charge in [-0.05, 0) is 55.7 Å². The standard InChI is InChI=1S/C22H26N2O5S/c1-2-29-22(26)19-7-6-8-20(15-19)23-21(25)18-11-9-17(10-12-18)16-30(27,28)24-13-4-3-5-14-24/h6-12,15H,2-5,13-14,16H2,1H3,(H,23,25). The molecule has 0 aliphatic carbocycles. The number of hydrogen-bond donors (Lipinski definition) is 1. The number of amides is 1. The summed E-state index contributed by atoms with van der Waals surface area (Å²) in [6.45, 7) is 3.15. The van der Waals surface area contributed by atoms with Gasteiger partial charge in [0, 0.05) is 24.3 Å². The Morgan fingerprint density at radius 1 is 1.00 bits per heavy atom. The van der Waals surface area contributed by atoms with Crippen molar-refractivity contribution in [3.05, 3.63) is 65.2 Å². The van der Waals surface area contributed by atoms with Gasteiger partial charge in [0.2, 0.25) is 10.0 Å². The predicted octanol–water partition coefficient (Wildman–Crippen LogP) is 3.43. The predicted molar refractivity (Wildman–Crippen MR) is 115 cm³/mol. The number of piperidine rings is 1. The van der Waals surface area contributed by atoms with Gasteiger partial charge in [-0.2, -0.15) is 0 Å². The quantitative estimate of drug-likeness (QED) is 0.680. The monoisotopic (exact) mass is 430 g/mol. The molecule has 1 aliphatic rings. The van der Waals surface area contributed by atoms with Crippen LogP contribution in [-0.4, -0.2) is 44.3 Å². The van der Waals surface area contributed by atoms with E-state index in [1.54, 1.807) is 59.8 Å². The molecule has 1 heterocycles. The highest BCUT2D eigenvalue weighted by Crippen LogP contribution is 2.18. The van der Waals surface area contributed by atoms with Gasteiger partial charge in [0.25, 0.3) is 5.91 Å². The smallest absolute Gasteiger partial charge is 0.338 e. The molecule has 7 nitrogen and oxygen atoms in total. The Balaban J connectivity index is 1.64. The normalized spacial score (nSPS) is 14.8. The van der Waals surface area contributed by atoms with Gasteiger partial charge >= 0.3 is 5.97 Å². The number of hydrogen-bond acceptors (Lipinski definition) is 5. The molecule has 0 spiro atoms. The first kappa shape index (κ1) is 22.0. The number of rotatable bonds is 7. The van der Waals surface area contributed by atoms with Gasteiger partial charge in [-0.25, -0.2) is 17.5 Å². The summed E-state index contributed by atoms with van der Waals surface area (Å²) in [5, 5.41) is 2.74. The summed E-state index contributed by atoms with van der Waals surface area (Å²) in [4.78, 5) is 24.3. The SMILES string of the molecule is CCOC(=O)c1cccc(NC(=O)c2ccc(CS(=O)(=O)N3CCCCC3)cc2)c1. The number of nitrogens with zero attached hydrogens (tertiary/aromatic N) is 1. The van der Waals surface area contributed by atoms with Crippen LogP contribution in [0.25, 0.3) is 0 Å². The number of carbonyl (C=O) groups is 2. The highest BCUT2D eigenvalue weighted by Gasteiger charge is 2.24. The fourth-order valence-electron chi connectivity index (χ4n) is 3.34. The van der Waals surface area contributed by atoms with Crippen LogP contribution in [-0.2, 0) is 20.5 Å². The summed E-state index contributed by atoms with van der Waals surface area (Å²) in [6.07, 6.45) is 2.87. The van der Waals surface area contributed by atoms with Crippen LogP contribution in [0.3, 0.4) is 0 Å².